The van der Waals surface area contributed by atoms with Crippen LogP contribution in [0.2, 0.25) is 0 Å². The highest BCUT2D eigenvalue weighted by Gasteiger charge is 2.02. The van der Waals surface area contributed by atoms with Gasteiger partial charge in [-0.1, -0.05) is 18.2 Å². The smallest absolute Gasteiger partial charge is 0.149 e. The van der Waals surface area contributed by atoms with Crippen molar-refractivity contribution in [1.82, 2.24) is 0 Å². The number of nitrogens with one attached hydrogen (secondary N) is 1. The molecule has 1 N–H and O–H groups in total. The third-order valence-corrected chi connectivity index (χ3v) is 1.98. The van der Waals surface area contributed by atoms with E-state index in [1.807, 2.05) is 30.3 Å². The van der Waals surface area contributed by atoms with E-state index in [4.69, 9.17) is 0 Å². The maximum absolute atomic E-state index is 13.2. The van der Waals surface area contributed by atoms with Crippen LogP contribution < -0.4 is 5.32 Å². The molecular formula is C12H9F2N. The van der Waals surface area contributed by atoms with Crippen LogP contribution in [0, 0.1) is 11.6 Å². The third kappa shape index (κ3) is 2.31. The SMILES string of the molecule is Fc1ccc(Nc2ccccc2)c(F)c1. The van der Waals surface area contributed by atoms with Crippen LogP contribution in [0.1, 0.15) is 0 Å². The van der Waals surface area contributed by atoms with Crippen molar-refractivity contribution in [3.05, 3.63) is 60.2 Å². The Balaban J connectivity index is 2.25. The molecule has 0 heterocycles. The van der Waals surface area contributed by atoms with Crippen LogP contribution in [-0.2, 0) is 0 Å². The second-order valence-electron chi connectivity index (χ2n) is 3.12. The minimum absolute atomic E-state index is 0.266. The predicted molar refractivity (Wildman–Crippen MR) is 56.1 cm³/mol. The van der Waals surface area contributed by atoms with Gasteiger partial charge in [0.15, 0.2) is 0 Å². The molecule has 2 aromatic carbocycles. The summed E-state index contributed by atoms with van der Waals surface area (Å²) in [5, 5.41) is 2.86. The molecule has 0 bridgehead atoms. The Bertz CT molecular complexity index is 454. The predicted octanol–water partition coefficient (Wildman–Crippen LogP) is 3.71. The van der Waals surface area contributed by atoms with Gasteiger partial charge in [0.05, 0.1) is 5.69 Å². The lowest BCUT2D eigenvalue weighted by molar-refractivity contribution is 0.586. The Morgan fingerprint density at radius 1 is 0.867 bits per heavy atom. The summed E-state index contributed by atoms with van der Waals surface area (Å²) < 4.78 is 25.9. The van der Waals surface area contributed by atoms with Crippen molar-refractivity contribution in [1.29, 1.82) is 0 Å². The van der Waals surface area contributed by atoms with Gasteiger partial charge in [-0.15, -0.1) is 0 Å². The molecule has 0 atom stereocenters. The van der Waals surface area contributed by atoms with Gasteiger partial charge in [0.1, 0.15) is 11.6 Å². The molecule has 3 heteroatoms. The molecule has 15 heavy (non-hydrogen) atoms. The number of para-hydroxylation sites is 1. The fourth-order valence-electron chi connectivity index (χ4n) is 1.27. The lowest BCUT2D eigenvalue weighted by atomic mass is 10.2. The standard InChI is InChI=1S/C12H9F2N/c13-9-6-7-12(11(14)8-9)15-10-4-2-1-3-5-10/h1-8,15H. The molecule has 0 aliphatic carbocycles. The number of benzene rings is 2. The molecule has 0 saturated carbocycles. The van der Waals surface area contributed by atoms with E-state index in [0.717, 1.165) is 11.8 Å². The van der Waals surface area contributed by atoms with Crippen LogP contribution in [0.5, 0.6) is 0 Å². The minimum atomic E-state index is -0.598. The summed E-state index contributed by atoms with van der Waals surface area (Å²) in [4.78, 5) is 0. The van der Waals surface area contributed by atoms with E-state index in [2.05, 4.69) is 5.32 Å². The summed E-state index contributed by atoms with van der Waals surface area (Å²) in [6.07, 6.45) is 0. The van der Waals surface area contributed by atoms with Gasteiger partial charge in [0.25, 0.3) is 0 Å². The Morgan fingerprint density at radius 3 is 2.27 bits per heavy atom. The molecule has 1 nitrogen and oxygen atoms in total. The summed E-state index contributed by atoms with van der Waals surface area (Å²) in [6.45, 7) is 0. The van der Waals surface area contributed by atoms with E-state index < -0.39 is 11.6 Å². The zero-order valence-corrected chi connectivity index (χ0v) is 7.87. The van der Waals surface area contributed by atoms with Gasteiger partial charge in [-0.2, -0.15) is 0 Å². The van der Waals surface area contributed by atoms with E-state index in [1.54, 1.807) is 0 Å². The lowest BCUT2D eigenvalue weighted by Gasteiger charge is -2.06. The molecule has 0 aromatic heterocycles. The van der Waals surface area contributed by atoms with Gasteiger partial charge in [-0.05, 0) is 24.3 Å². The van der Waals surface area contributed by atoms with E-state index >= 15 is 0 Å². The molecule has 0 aliphatic heterocycles. The van der Waals surface area contributed by atoms with Crippen molar-refractivity contribution in [2.75, 3.05) is 5.32 Å². The summed E-state index contributed by atoms with van der Waals surface area (Å²) in [5.74, 6) is -1.18. The highest BCUT2D eigenvalue weighted by Crippen LogP contribution is 2.19. The largest absolute Gasteiger partial charge is 0.353 e. The molecule has 0 fully saturated rings. The number of hydrogen-bond donors (Lipinski definition) is 1. The minimum Gasteiger partial charge on any atom is -0.353 e. The van der Waals surface area contributed by atoms with E-state index in [-0.39, 0.29) is 5.69 Å². The zero-order chi connectivity index (χ0) is 10.7. The normalized spacial score (nSPS) is 10.0. The van der Waals surface area contributed by atoms with Crippen LogP contribution in [0.25, 0.3) is 0 Å². The first-order valence-corrected chi connectivity index (χ1v) is 4.53. The van der Waals surface area contributed by atoms with Gasteiger partial charge < -0.3 is 5.32 Å². The van der Waals surface area contributed by atoms with Crippen molar-refractivity contribution in [3.8, 4) is 0 Å². The highest BCUT2D eigenvalue weighted by atomic mass is 19.1. The highest BCUT2D eigenvalue weighted by molar-refractivity contribution is 5.59. The van der Waals surface area contributed by atoms with Crippen molar-refractivity contribution < 1.29 is 8.78 Å². The van der Waals surface area contributed by atoms with E-state index in [1.165, 1.54) is 12.1 Å². The average Bonchev–Trinajstić information content (AvgIpc) is 2.24. The molecule has 0 aliphatic rings. The van der Waals surface area contributed by atoms with Gasteiger partial charge in [0, 0.05) is 11.8 Å². The van der Waals surface area contributed by atoms with E-state index in [9.17, 15) is 8.78 Å². The van der Waals surface area contributed by atoms with Crippen LogP contribution in [0.4, 0.5) is 20.2 Å². The molecular weight excluding hydrogens is 196 g/mol. The van der Waals surface area contributed by atoms with Crippen molar-refractivity contribution in [3.63, 3.8) is 0 Å². The molecule has 0 unspecified atom stereocenters. The Labute approximate surface area is 86.4 Å². The van der Waals surface area contributed by atoms with Crippen molar-refractivity contribution in [2.45, 2.75) is 0 Å². The maximum Gasteiger partial charge on any atom is 0.149 e. The summed E-state index contributed by atoms with van der Waals surface area (Å²) in [6, 6.07) is 12.6. The first-order chi connectivity index (χ1) is 7.25. The number of anilines is 2. The maximum atomic E-state index is 13.2. The molecule has 2 aromatic rings. The van der Waals surface area contributed by atoms with E-state index in [0.29, 0.717) is 0 Å². The first kappa shape index (κ1) is 9.65. The number of halogens is 2. The second kappa shape index (κ2) is 4.09. The van der Waals surface area contributed by atoms with Crippen LogP contribution in [-0.4, -0.2) is 0 Å². The summed E-state index contributed by atoms with van der Waals surface area (Å²) in [5.41, 5.74) is 1.03. The fourth-order valence-corrected chi connectivity index (χ4v) is 1.27. The van der Waals surface area contributed by atoms with Gasteiger partial charge >= 0.3 is 0 Å². The lowest BCUT2D eigenvalue weighted by Crippen LogP contribution is -1.93. The van der Waals surface area contributed by atoms with Crippen molar-refractivity contribution in [2.24, 2.45) is 0 Å². The van der Waals surface area contributed by atoms with Crippen LogP contribution in [0.15, 0.2) is 48.5 Å². The molecule has 0 saturated heterocycles. The topological polar surface area (TPSA) is 12.0 Å². The third-order valence-electron chi connectivity index (χ3n) is 1.98. The van der Waals surface area contributed by atoms with Crippen LogP contribution in [0.3, 0.4) is 0 Å². The summed E-state index contributed by atoms with van der Waals surface area (Å²) in [7, 11) is 0. The molecule has 0 amide bonds. The molecule has 2 rings (SSSR count). The summed E-state index contributed by atoms with van der Waals surface area (Å²) >= 11 is 0. The van der Waals surface area contributed by atoms with Gasteiger partial charge in [0.2, 0.25) is 0 Å². The Kier molecular flexibility index (Phi) is 2.63. The zero-order valence-electron chi connectivity index (χ0n) is 7.87. The van der Waals surface area contributed by atoms with Gasteiger partial charge in [-0.25, -0.2) is 8.78 Å². The quantitative estimate of drug-likeness (QED) is 0.788. The fraction of sp³-hybridized carbons (Fsp3) is 0. The van der Waals surface area contributed by atoms with Gasteiger partial charge in [-0.3, -0.25) is 0 Å². The Morgan fingerprint density at radius 2 is 1.60 bits per heavy atom. The monoisotopic (exact) mass is 205 g/mol. The number of rotatable bonds is 2. The molecule has 0 radical (unpaired) electrons. The van der Waals surface area contributed by atoms with Crippen molar-refractivity contribution >= 4 is 11.4 Å². The molecule has 76 valence electrons. The average molecular weight is 205 g/mol. The second-order valence-corrected chi connectivity index (χ2v) is 3.12. The Hall–Kier alpha value is -1.90. The number of hydrogen-bond acceptors (Lipinski definition) is 1. The van der Waals surface area contributed by atoms with Crippen LogP contribution >= 0.6 is 0 Å². The first-order valence-electron chi connectivity index (χ1n) is 4.53. The molecule has 0 spiro atoms.